The summed E-state index contributed by atoms with van der Waals surface area (Å²) in [5.74, 6) is 0.939. The van der Waals surface area contributed by atoms with Crippen molar-refractivity contribution >= 4 is 31.9 Å². The van der Waals surface area contributed by atoms with E-state index >= 15 is 0 Å². The Kier molecular flexibility index (Phi) is 4.87. The Morgan fingerprint density at radius 1 is 1.31 bits per heavy atom. The molecule has 0 aliphatic rings. The molecule has 1 unspecified atom stereocenters. The molecule has 0 aliphatic carbocycles. The summed E-state index contributed by atoms with van der Waals surface area (Å²) in [7, 11) is 1.71. The van der Waals surface area contributed by atoms with E-state index in [4.69, 9.17) is 4.74 Å². The van der Waals surface area contributed by atoms with Crippen LogP contribution < -0.4 is 4.74 Å². The van der Waals surface area contributed by atoms with Crippen molar-refractivity contribution in [1.82, 2.24) is 0 Å². The molecule has 0 aliphatic heterocycles. The molecular formula is C13H18Br2O. The summed E-state index contributed by atoms with van der Waals surface area (Å²) >= 11 is 7.24. The number of methoxy groups -OCH3 is 1. The number of hydrogen-bond acceptors (Lipinski definition) is 1. The Labute approximate surface area is 115 Å². The van der Waals surface area contributed by atoms with Gasteiger partial charge in [0, 0.05) is 14.9 Å². The summed E-state index contributed by atoms with van der Waals surface area (Å²) in [6, 6.07) is 6.11. The smallest absolute Gasteiger partial charge is 0.123 e. The van der Waals surface area contributed by atoms with Gasteiger partial charge in [-0.3, -0.25) is 0 Å². The molecule has 0 fully saturated rings. The maximum Gasteiger partial charge on any atom is 0.123 e. The fraction of sp³-hybridized carbons (Fsp3) is 0.538. The number of ether oxygens (including phenoxy) is 1. The average Bonchev–Trinajstić information content (AvgIpc) is 2.15. The van der Waals surface area contributed by atoms with Gasteiger partial charge in [-0.05, 0) is 30.0 Å². The van der Waals surface area contributed by atoms with E-state index in [0.717, 1.165) is 16.6 Å². The molecule has 0 spiro atoms. The molecule has 0 saturated heterocycles. The van der Waals surface area contributed by atoms with Gasteiger partial charge in [-0.15, -0.1) is 0 Å². The summed E-state index contributed by atoms with van der Waals surface area (Å²) in [5, 5.41) is 0. The maximum absolute atomic E-state index is 5.39. The molecule has 0 radical (unpaired) electrons. The van der Waals surface area contributed by atoms with E-state index in [1.165, 1.54) is 5.56 Å². The van der Waals surface area contributed by atoms with E-state index in [1.54, 1.807) is 7.11 Å². The first-order valence-electron chi connectivity index (χ1n) is 5.31. The highest BCUT2D eigenvalue weighted by atomic mass is 79.9. The Morgan fingerprint density at radius 2 is 1.94 bits per heavy atom. The third-order valence-corrected chi connectivity index (χ3v) is 3.63. The molecule has 1 aromatic rings. The molecule has 3 heteroatoms. The van der Waals surface area contributed by atoms with Crippen LogP contribution in [0.3, 0.4) is 0 Å². The minimum Gasteiger partial charge on any atom is -0.496 e. The lowest BCUT2D eigenvalue weighted by Gasteiger charge is -2.23. The van der Waals surface area contributed by atoms with Crippen LogP contribution in [0.5, 0.6) is 5.75 Å². The predicted molar refractivity (Wildman–Crippen MR) is 76.4 cm³/mol. The third-order valence-electron chi connectivity index (χ3n) is 2.32. The van der Waals surface area contributed by atoms with E-state index in [-0.39, 0.29) is 0 Å². The third kappa shape index (κ3) is 4.10. The molecule has 0 bridgehead atoms. The molecular weight excluding hydrogens is 332 g/mol. The second-order valence-corrected chi connectivity index (χ2v) is 7.14. The lowest BCUT2D eigenvalue weighted by molar-refractivity contribution is 0.367. The molecule has 0 aromatic heterocycles. The van der Waals surface area contributed by atoms with Gasteiger partial charge in [0.15, 0.2) is 0 Å². The van der Waals surface area contributed by atoms with Gasteiger partial charge in [-0.25, -0.2) is 0 Å². The lowest BCUT2D eigenvalue weighted by atomic mass is 9.88. The van der Waals surface area contributed by atoms with Crippen LogP contribution in [0.15, 0.2) is 22.7 Å². The summed E-state index contributed by atoms with van der Waals surface area (Å²) in [4.78, 5) is 0.319. The number of rotatable bonds is 3. The molecule has 1 aromatic carbocycles. The van der Waals surface area contributed by atoms with E-state index in [2.05, 4.69) is 58.7 Å². The molecule has 0 saturated carbocycles. The standard InChI is InChI=1S/C13H18Br2O/c1-13(2,3)8-11(15)10-7-9(14)5-6-12(10)16-4/h5-7,11H,8H2,1-4H3. The van der Waals surface area contributed by atoms with Crippen molar-refractivity contribution in [2.24, 2.45) is 5.41 Å². The van der Waals surface area contributed by atoms with Crippen LogP contribution >= 0.6 is 31.9 Å². The summed E-state index contributed by atoms with van der Waals surface area (Å²) in [6.07, 6.45) is 1.07. The highest BCUT2D eigenvalue weighted by molar-refractivity contribution is 9.10. The van der Waals surface area contributed by atoms with Gasteiger partial charge in [0.2, 0.25) is 0 Å². The van der Waals surface area contributed by atoms with E-state index in [0.29, 0.717) is 10.2 Å². The van der Waals surface area contributed by atoms with Crippen molar-refractivity contribution in [3.63, 3.8) is 0 Å². The SMILES string of the molecule is COc1ccc(Br)cc1C(Br)CC(C)(C)C. The van der Waals surface area contributed by atoms with Gasteiger partial charge in [0.25, 0.3) is 0 Å². The van der Waals surface area contributed by atoms with Gasteiger partial charge in [-0.2, -0.15) is 0 Å². The first kappa shape index (κ1) is 14.0. The van der Waals surface area contributed by atoms with Crippen molar-refractivity contribution in [2.75, 3.05) is 7.11 Å². The maximum atomic E-state index is 5.39. The van der Waals surface area contributed by atoms with Crippen molar-refractivity contribution < 1.29 is 4.74 Å². The quantitative estimate of drug-likeness (QED) is 0.670. The van der Waals surface area contributed by atoms with Crippen molar-refractivity contribution in [3.8, 4) is 5.75 Å². The van der Waals surface area contributed by atoms with Crippen LogP contribution in [0, 0.1) is 5.41 Å². The number of halogens is 2. The molecule has 0 N–H and O–H groups in total. The van der Waals surface area contributed by atoms with E-state index in [9.17, 15) is 0 Å². The summed E-state index contributed by atoms with van der Waals surface area (Å²) in [5.41, 5.74) is 1.49. The Bertz CT molecular complexity index is 355. The summed E-state index contributed by atoms with van der Waals surface area (Å²) < 4.78 is 6.47. The zero-order chi connectivity index (χ0) is 12.3. The van der Waals surface area contributed by atoms with Crippen LogP contribution in [-0.2, 0) is 0 Å². The van der Waals surface area contributed by atoms with Crippen LogP contribution in [0.4, 0.5) is 0 Å². The highest BCUT2D eigenvalue weighted by Crippen LogP contribution is 2.40. The summed E-state index contributed by atoms with van der Waals surface area (Å²) in [6.45, 7) is 6.73. The molecule has 16 heavy (non-hydrogen) atoms. The van der Waals surface area contributed by atoms with Gasteiger partial charge in [-0.1, -0.05) is 52.6 Å². The normalized spacial score (nSPS) is 13.6. The van der Waals surface area contributed by atoms with Crippen LogP contribution in [0.2, 0.25) is 0 Å². The van der Waals surface area contributed by atoms with Crippen molar-refractivity contribution in [3.05, 3.63) is 28.2 Å². The first-order chi connectivity index (χ1) is 7.33. The van der Waals surface area contributed by atoms with Gasteiger partial charge in [0.05, 0.1) is 7.11 Å². The second kappa shape index (κ2) is 5.54. The van der Waals surface area contributed by atoms with Crippen LogP contribution in [-0.4, -0.2) is 7.11 Å². The monoisotopic (exact) mass is 348 g/mol. The van der Waals surface area contributed by atoms with Crippen LogP contribution in [0.1, 0.15) is 37.6 Å². The second-order valence-electron chi connectivity index (χ2n) is 5.12. The molecule has 0 heterocycles. The fourth-order valence-electron chi connectivity index (χ4n) is 1.60. The molecule has 1 rings (SSSR count). The van der Waals surface area contributed by atoms with Gasteiger partial charge >= 0.3 is 0 Å². The minimum absolute atomic E-state index is 0.293. The molecule has 0 amide bonds. The highest BCUT2D eigenvalue weighted by Gasteiger charge is 2.20. The topological polar surface area (TPSA) is 9.23 Å². The number of benzene rings is 1. The van der Waals surface area contributed by atoms with Gasteiger partial charge < -0.3 is 4.74 Å². The first-order valence-corrected chi connectivity index (χ1v) is 7.02. The predicted octanol–water partition coefficient (Wildman–Crippen LogP) is 5.33. The Morgan fingerprint density at radius 3 is 2.44 bits per heavy atom. The molecule has 90 valence electrons. The van der Waals surface area contributed by atoms with E-state index < -0.39 is 0 Å². The fourth-order valence-corrected chi connectivity index (χ4v) is 3.31. The van der Waals surface area contributed by atoms with E-state index in [1.807, 2.05) is 12.1 Å². The zero-order valence-electron chi connectivity index (χ0n) is 10.2. The average molecular weight is 350 g/mol. The van der Waals surface area contributed by atoms with Crippen molar-refractivity contribution in [2.45, 2.75) is 32.0 Å². The van der Waals surface area contributed by atoms with Gasteiger partial charge in [0.1, 0.15) is 5.75 Å². The molecule has 1 atom stereocenters. The Balaban J connectivity index is 2.97. The number of alkyl halides is 1. The Hall–Kier alpha value is -0.0200. The van der Waals surface area contributed by atoms with Crippen molar-refractivity contribution in [1.29, 1.82) is 0 Å². The molecule has 1 nitrogen and oxygen atoms in total. The largest absolute Gasteiger partial charge is 0.496 e. The zero-order valence-corrected chi connectivity index (χ0v) is 13.4. The van der Waals surface area contributed by atoms with Crippen LogP contribution in [0.25, 0.3) is 0 Å². The minimum atomic E-state index is 0.293. The number of hydrogen-bond donors (Lipinski definition) is 0. The lowest BCUT2D eigenvalue weighted by Crippen LogP contribution is -2.09.